The number of ether oxygens (including phenoxy) is 1. The zero-order valence-electron chi connectivity index (χ0n) is 11.5. The fraction of sp³-hybridized carbons (Fsp3) is 0.600. The maximum atomic E-state index is 6.20. The van der Waals surface area contributed by atoms with Gasteiger partial charge in [-0.25, -0.2) is 0 Å². The average Bonchev–Trinajstić information content (AvgIpc) is 2.37. The lowest BCUT2D eigenvalue weighted by atomic mass is 9.99. The molecule has 0 aromatic heterocycles. The molecular formula is C15H21Cl2NO. The Bertz CT molecular complexity index is 436. The molecule has 19 heavy (non-hydrogen) atoms. The molecule has 0 amide bonds. The fourth-order valence-electron chi connectivity index (χ4n) is 2.54. The molecular weight excluding hydrogens is 281 g/mol. The van der Waals surface area contributed by atoms with Crippen LogP contribution >= 0.6 is 23.2 Å². The Morgan fingerprint density at radius 2 is 2.21 bits per heavy atom. The smallest absolute Gasteiger partial charge is 0.142 e. The van der Waals surface area contributed by atoms with Crippen molar-refractivity contribution >= 4 is 23.2 Å². The third-order valence-corrected chi connectivity index (χ3v) is 4.04. The zero-order chi connectivity index (χ0) is 13.8. The van der Waals surface area contributed by atoms with Gasteiger partial charge in [0, 0.05) is 29.1 Å². The summed E-state index contributed by atoms with van der Waals surface area (Å²) in [5, 5.41) is 4.94. The summed E-state index contributed by atoms with van der Waals surface area (Å²) in [6.07, 6.45) is 4.63. The number of fused-ring (bicyclic) bond motifs is 1. The van der Waals surface area contributed by atoms with Crippen molar-refractivity contribution in [1.82, 2.24) is 5.32 Å². The summed E-state index contributed by atoms with van der Waals surface area (Å²) in [7, 11) is 0. The van der Waals surface area contributed by atoms with Crippen LogP contribution in [0.5, 0.6) is 5.75 Å². The Kier molecular flexibility index (Phi) is 5.37. The van der Waals surface area contributed by atoms with Crippen molar-refractivity contribution < 1.29 is 4.74 Å². The van der Waals surface area contributed by atoms with Gasteiger partial charge in [-0.3, -0.25) is 0 Å². The quantitative estimate of drug-likeness (QED) is 0.827. The van der Waals surface area contributed by atoms with Crippen molar-refractivity contribution in [3.05, 3.63) is 27.7 Å². The van der Waals surface area contributed by atoms with E-state index in [1.165, 1.54) is 19.3 Å². The van der Waals surface area contributed by atoms with Crippen molar-refractivity contribution in [3.8, 4) is 5.75 Å². The van der Waals surface area contributed by atoms with Crippen LogP contribution in [0.1, 0.15) is 51.1 Å². The molecule has 1 aromatic carbocycles. The summed E-state index contributed by atoms with van der Waals surface area (Å²) in [5.74, 6) is 0.789. The molecule has 2 atom stereocenters. The van der Waals surface area contributed by atoms with E-state index in [-0.39, 0.29) is 6.04 Å². The number of nitrogens with one attached hydrogen (secondary N) is 1. The molecule has 0 saturated carbocycles. The molecule has 1 N–H and O–H groups in total. The van der Waals surface area contributed by atoms with Crippen LogP contribution in [0.25, 0.3) is 0 Å². The first-order valence-corrected chi connectivity index (χ1v) is 7.75. The molecule has 1 aromatic rings. The second kappa shape index (κ2) is 6.83. The first kappa shape index (κ1) is 15.0. The van der Waals surface area contributed by atoms with E-state index in [4.69, 9.17) is 27.9 Å². The minimum atomic E-state index is 0.284. The number of rotatable bonds is 5. The normalized spacial score (nSPS) is 19.7. The first-order chi connectivity index (χ1) is 9.11. The minimum absolute atomic E-state index is 0.284. The van der Waals surface area contributed by atoms with E-state index in [0.717, 1.165) is 17.7 Å². The summed E-state index contributed by atoms with van der Waals surface area (Å²) in [5.41, 5.74) is 1.09. The van der Waals surface area contributed by atoms with Gasteiger partial charge in [-0.05, 0) is 25.5 Å². The van der Waals surface area contributed by atoms with E-state index in [1.807, 2.05) is 6.07 Å². The first-order valence-electron chi connectivity index (χ1n) is 6.99. The van der Waals surface area contributed by atoms with E-state index in [1.54, 1.807) is 6.07 Å². The van der Waals surface area contributed by atoms with Crippen LogP contribution in [0.2, 0.25) is 10.0 Å². The Morgan fingerprint density at radius 1 is 1.42 bits per heavy atom. The monoisotopic (exact) mass is 301 g/mol. The third-order valence-electron chi connectivity index (χ3n) is 3.54. The van der Waals surface area contributed by atoms with Gasteiger partial charge in [-0.2, -0.15) is 0 Å². The summed E-state index contributed by atoms with van der Waals surface area (Å²) >= 11 is 12.3. The summed E-state index contributed by atoms with van der Waals surface area (Å²) in [6, 6.07) is 4.48. The predicted octanol–water partition coefficient (Wildman–Crippen LogP) is 4.99. The molecule has 1 aliphatic heterocycles. The Labute approximate surface area is 125 Å². The molecule has 2 unspecified atom stereocenters. The second-order valence-corrected chi connectivity index (χ2v) is 6.05. The van der Waals surface area contributed by atoms with Gasteiger partial charge >= 0.3 is 0 Å². The van der Waals surface area contributed by atoms with E-state index >= 15 is 0 Å². The van der Waals surface area contributed by atoms with Gasteiger partial charge in [0.05, 0.1) is 11.6 Å². The Balaban J connectivity index is 2.13. The molecule has 0 bridgehead atoms. The van der Waals surface area contributed by atoms with Crippen molar-refractivity contribution in [3.63, 3.8) is 0 Å². The number of hydrogen-bond donors (Lipinski definition) is 1. The molecule has 1 heterocycles. The maximum absolute atomic E-state index is 6.20. The fourth-order valence-corrected chi connectivity index (χ4v) is 3.10. The molecule has 1 aliphatic rings. The van der Waals surface area contributed by atoms with Crippen LogP contribution in [0.3, 0.4) is 0 Å². The zero-order valence-corrected chi connectivity index (χ0v) is 13.0. The Morgan fingerprint density at radius 3 is 2.95 bits per heavy atom. The number of hydrogen-bond acceptors (Lipinski definition) is 2. The van der Waals surface area contributed by atoms with Crippen LogP contribution < -0.4 is 10.1 Å². The molecule has 0 fully saturated rings. The molecule has 0 saturated heterocycles. The molecule has 0 aliphatic carbocycles. The molecule has 0 spiro atoms. The van der Waals surface area contributed by atoms with Gasteiger partial charge in [-0.1, -0.05) is 43.0 Å². The van der Waals surface area contributed by atoms with Gasteiger partial charge in [0.25, 0.3) is 0 Å². The number of halogens is 2. The van der Waals surface area contributed by atoms with E-state index in [2.05, 4.69) is 19.2 Å². The minimum Gasteiger partial charge on any atom is -0.492 e. The second-order valence-electron chi connectivity index (χ2n) is 5.21. The summed E-state index contributed by atoms with van der Waals surface area (Å²) in [4.78, 5) is 0. The largest absolute Gasteiger partial charge is 0.492 e. The highest BCUT2D eigenvalue weighted by molar-refractivity contribution is 6.35. The van der Waals surface area contributed by atoms with E-state index in [0.29, 0.717) is 22.7 Å². The van der Waals surface area contributed by atoms with Crippen LogP contribution in [0.15, 0.2) is 12.1 Å². The lowest BCUT2D eigenvalue weighted by Crippen LogP contribution is -2.33. The van der Waals surface area contributed by atoms with Gasteiger partial charge < -0.3 is 10.1 Å². The molecule has 4 heteroatoms. The molecule has 2 rings (SSSR count). The predicted molar refractivity (Wildman–Crippen MR) is 81.4 cm³/mol. The summed E-state index contributed by atoms with van der Waals surface area (Å²) < 4.78 is 5.67. The van der Waals surface area contributed by atoms with Gasteiger partial charge in [0.2, 0.25) is 0 Å². The van der Waals surface area contributed by atoms with Gasteiger partial charge in [0.1, 0.15) is 5.75 Å². The Hall–Kier alpha value is -0.440. The molecule has 106 valence electrons. The lowest BCUT2D eigenvalue weighted by Gasteiger charge is -2.30. The van der Waals surface area contributed by atoms with Crippen molar-refractivity contribution in [1.29, 1.82) is 0 Å². The highest BCUT2D eigenvalue weighted by Crippen LogP contribution is 2.40. The average molecular weight is 302 g/mol. The third kappa shape index (κ3) is 3.77. The number of unbranched alkanes of at least 4 members (excludes halogenated alkanes) is 1. The lowest BCUT2D eigenvalue weighted by molar-refractivity contribution is 0.244. The van der Waals surface area contributed by atoms with Crippen LogP contribution in [0.4, 0.5) is 0 Å². The maximum Gasteiger partial charge on any atom is 0.142 e. The number of benzene rings is 1. The van der Waals surface area contributed by atoms with Crippen molar-refractivity contribution in [2.75, 3.05) is 6.61 Å². The van der Waals surface area contributed by atoms with Gasteiger partial charge in [-0.15, -0.1) is 0 Å². The molecule has 0 radical (unpaired) electrons. The van der Waals surface area contributed by atoms with Crippen LogP contribution in [-0.4, -0.2) is 12.6 Å². The van der Waals surface area contributed by atoms with Crippen LogP contribution in [-0.2, 0) is 0 Å². The van der Waals surface area contributed by atoms with E-state index < -0.39 is 0 Å². The molecule has 2 nitrogen and oxygen atoms in total. The highest BCUT2D eigenvalue weighted by Gasteiger charge is 2.25. The SMILES string of the molecule is CCCCC(C)NC1CCOc2c(Cl)cc(Cl)cc21. The summed E-state index contributed by atoms with van der Waals surface area (Å²) in [6.45, 7) is 5.15. The van der Waals surface area contributed by atoms with Crippen molar-refractivity contribution in [2.45, 2.75) is 51.6 Å². The van der Waals surface area contributed by atoms with Crippen LogP contribution in [0, 0.1) is 0 Å². The highest BCUT2D eigenvalue weighted by atomic mass is 35.5. The topological polar surface area (TPSA) is 21.3 Å². The standard InChI is InChI=1S/C15H21Cl2NO/c1-3-4-5-10(2)18-14-6-7-19-15-12(14)8-11(16)9-13(15)17/h8-10,14,18H,3-7H2,1-2H3. The van der Waals surface area contributed by atoms with E-state index in [9.17, 15) is 0 Å². The van der Waals surface area contributed by atoms with Crippen molar-refractivity contribution in [2.24, 2.45) is 0 Å². The van der Waals surface area contributed by atoms with Gasteiger partial charge in [0.15, 0.2) is 0 Å².